The van der Waals surface area contributed by atoms with Crippen molar-refractivity contribution in [3.63, 3.8) is 0 Å². The summed E-state index contributed by atoms with van der Waals surface area (Å²) < 4.78 is 91.2. The van der Waals surface area contributed by atoms with Crippen molar-refractivity contribution >= 4 is 11.6 Å². The SMILES string of the molecule is CCCCN(C(=O)c1ccccc1C)c1ccc(C(O)(C(F)(F)F)C(F)(F)F)c(OC)c1OC. The Hall–Kier alpha value is -2.95. The number of alkyl halides is 6. The van der Waals surface area contributed by atoms with E-state index in [0.29, 0.717) is 30.0 Å². The molecule has 0 fully saturated rings. The first-order valence-corrected chi connectivity index (χ1v) is 10.2. The number of hydrogen-bond acceptors (Lipinski definition) is 4. The van der Waals surface area contributed by atoms with Crippen molar-refractivity contribution < 1.29 is 45.7 Å². The summed E-state index contributed by atoms with van der Waals surface area (Å²) in [7, 11) is 1.86. The van der Waals surface area contributed by atoms with Gasteiger partial charge in [-0.05, 0) is 37.1 Å². The van der Waals surface area contributed by atoms with Gasteiger partial charge in [0.25, 0.3) is 11.5 Å². The van der Waals surface area contributed by atoms with E-state index in [4.69, 9.17) is 9.47 Å². The fraction of sp³-hybridized carbons (Fsp3) is 0.435. The molecule has 0 heterocycles. The smallest absolute Gasteiger partial charge is 0.430 e. The van der Waals surface area contributed by atoms with E-state index in [2.05, 4.69) is 0 Å². The molecule has 0 spiro atoms. The van der Waals surface area contributed by atoms with Gasteiger partial charge in [-0.1, -0.05) is 31.5 Å². The van der Waals surface area contributed by atoms with Crippen LogP contribution in [-0.4, -0.2) is 44.1 Å². The third-order valence-electron chi connectivity index (χ3n) is 5.36. The molecule has 0 atom stereocenters. The standard InChI is InChI=1S/C23H25F6NO4/c1-5-6-13-30(20(31)15-10-8-7-9-14(15)2)17-12-11-16(18(33-3)19(17)34-4)21(32,22(24,25)26)23(27,28)29/h7-12,32H,5-6,13H2,1-4H3. The third kappa shape index (κ3) is 4.79. The molecule has 2 rings (SSSR count). The first kappa shape index (κ1) is 27.3. The average molecular weight is 493 g/mol. The minimum absolute atomic E-state index is 0.100. The predicted molar refractivity (Wildman–Crippen MR) is 113 cm³/mol. The van der Waals surface area contributed by atoms with Gasteiger partial charge in [-0.2, -0.15) is 26.3 Å². The molecule has 0 radical (unpaired) electrons. The highest BCUT2D eigenvalue weighted by Crippen LogP contribution is 2.55. The van der Waals surface area contributed by atoms with Gasteiger partial charge in [-0.3, -0.25) is 4.79 Å². The van der Waals surface area contributed by atoms with Gasteiger partial charge in [0.15, 0.2) is 11.5 Å². The van der Waals surface area contributed by atoms with Crippen LogP contribution in [0, 0.1) is 6.92 Å². The quantitative estimate of drug-likeness (QED) is 0.475. The van der Waals surface area contributed by atoms with Gasteiger partial charge in [-0.25, -0.2) is 0 Å². The maximum absolute atomic E-state index is 13.5. The van der Waals surface area contributed by atoms with Crippen LogP contribution >= 0.6 is 0 Å². The first-order valence-electron chi connectivity index (χ1n) is 10.2. The van der Waals surface area contributed by atoms with Crippen LogP contribution in [0.25, 0.3) is 0 Å². The monoisotopic (exact) mass is 493 g/mol. The summed E-state index contributed by atoms with van der Waals surface area (Å²) >= 11 is 0. The number of carbonyl (C=O) groups excluding carboxylic acids is 1. The number of carbonyl (C=O) groups is 1. The number of halogens is 6. The number of aliphatic hydroxyl groups is 1. The maximum Gasteiger partial charge on any atom is 0.430 e. The molecule has 1 amide bonds. The number of unbranched alkanes of at least 4 members (excludes halogenated alkanes) is 1. The van der Waals surface area contributed by atoms with Crippen LogP contribution in [0.3, 0.4) is 0 Å². The molecule has 0 saturated heterocycles. The van der Waals surface area contributed by atoms with Gasteiger partial charge in [0.1, 0.15) is 0 Å². The van der Waals surface area contributed by atoms with Crippen molar-refractivity contribution in [3.8, 4) is 11.5 Å². The Morgan fingerprint density at radius 3 is 1.97 bits per heavy atom. The number of aryl methyl sites for hydroxylation is 1. The number of hydrogen-bond donors (Lipinski definition) is 1. The van der Waals surface area contributed by atoms with E-state index in [1.54, 1.807) is 31.2 Å². The number of rotatable bonds is 8. The number of methoxy groups -OCH3 is 2. The largest absolute Gasteiger partial charge is 0.492 e. The van der Waals surface area contributed by atoms with Crippen molar-refractivity contribution in [2.75, 3.05) is 25.7 Å². The molecule has 0 aliphatic rings. The van der Waals surface area contributed by atoms with Crippen LogP contribution in [0.1, 0.15) is 41.3 Å². The molecule has 188 valence electrons. The Kier molecular flexibility index (Phi) is 8.13. The lowest BCUT2D eigenvalue weighted by molar-refractivity contribution is -0.376. The van der Waals surface area contributed by atoms with Gasteiger partial charge >= 0.3 is 12.4 Å². The summed E-state index contributed by atoms with van der Waals surface area (Å²) in [5.74, 6) is -2.07. The van der Waals surface area contributed by atoms with Crippen molar-refractivity contribution in [2.45, 2.75) is 44.6 Å². The third-order valence-corrected chi connectivity index (χ3v) is 5.36. The molecule has 0 bridgehead atoms. The lowest BCUT2D eigenvalue weighted by Crippen LogP contribution is -2.54. The summed E-state index contributed by atoms with van der Waals surface area (Å²) in [6.45, 7) is 3.65. The van der Waals surface area contributed by atoms with Gasteiger partial charge in [0.05, 0.1) is 19.9 Å². The van der Waals surface area contributed by atoms with E-state index < -0.39 is 40.9 Å². The Balaban J connectivity index is 2.81. The molecule has 5 nitrogen and oxygen atoms in total. The zero-order valence-electron chi connectivity index (χ0n) is 19.0. The van der Waals surface area contributed by atoms with Crippen LogP contribution in [0.2, 0.25) is 0 Å². The number of amides is 1. The second-order valence-corrected chi connectivity index (χ2v) is 7.53. The predicted octanol–water partition coefficient (Wildman–Crippen LogP) is 5.77. The Morgan fingerprint density at radius 2 is 1.50 bits per heavy atom. The van der Waals surface area contributed by atoms with Gasteiger partial charge < -0.3 is 19.5 Å². The molecule has 0 saturated carbocycles. The normalized spacial score (nSPS) is 12.4. The van der Waals surface area contributed by atoms with Crippen molar-refractivity contribution in [1.82, 2.24) is 0 Å². The number of benzene rings is 2. The maximum atomic E-state index is 13.5. The van der Waals surface area contributed by atoms with Crippen LogP contribution in [0.5, 0.6) is 11.5 Å². The molecular weight excluding hydrogens is 468 g/mol. The van der Waals surface area contributed by atoms with Crippen molar-refractivity contribution in [3.05, 3.63) is 53.1 Å². The summed E-state index contributed by atoms with van der Waals surface area (Å²) in [6, 6.07) is 7.92. The lowest BCUT2D eigenvalue weighted by atomic mass is 9.90. The molecule has 2 aromatic carbocycles. The molecule has 11 heteroatoms. The van der Waals surface area contributed by atoms with Crippen molar-refractivity contribution in [1.29, 1.82) is 0 Å². The van der Waals surface area contributed by atoms with Crippen LogP contribution in [0.4, 0.5) is 32.0 Å². The van der Waals surface area contributed by atoms with E-state index in [9.17, 15) is 36.2 Å². The van der Waals surface area contributed by atoms with Crippen LogP contribution in [0.15, 0.2) is 36.4 Å². The topological polar surface area (TPSA) is 59.0 Å². The van der Waals surface area contributed by atoms with E-state index >= 15 is 0 Å². The molecule has 0 aromatic heterocycles. The summed E-state index contributed by atoms with van der Waals surface area (Å²) in [4.78, 5) is 14.6. The highest BCUT2D eigenvalue weighted by Gasteiger charge is 2.72. The molecule has 1 N–H and O–H groups in total. The number of anilines is 1. The first-order chi connectivity index (χ1) is 15.8. The van der Waals surface area contributed by atoms with Crippen molar-refractivity contribution in [2.24, 2.45) is 0 Å². The highest BCUT2D eigenvalue weighted by atomic mass is 19.4. The average Bonchev–Trinajstić information content (AvgIpc) is 2.76. The molecule has 0 aliphatic carbocycles. The Morgan fingerprint density at radius 1 is 0.941 bits per heavy atom. The second kappa shape index (κ2) is 10.1. The minimum atomic E-state index is -6.12. The zero-order valence-corrected chi connectivity index (χ0v) is 19.0. The summed E-state index contributed by atoms with van der Waals surface area (Å²) in [5, 5.41) is 9.92. The van der Waals surface area contributed by atoms with Gasteiger partial charge in [0.2, 0.25) is 0 Å². The Labute approximate surface area is 192 Å². The van der Waals surface area contributed by atoms with E-state index in [1.807, 2.05) is 6.92 Å². The lowest BCUT2D eigenvalue weighted by Gasteiger charge is -2.35. The minimum Gasteiger partial charge on any atom is -0.492 e. The summed E-state index contributed by atoms with van der Waals surface area (Å²) in [5.41, 5.74) is -6.01. The Bertz CT molecular complexity index is 1010. The van der Waals surface area contributed by atoms with E-state index in [0.717, 1.165) is 20.3 Å². The zero-order chi connectivity index (χ0) is 25.9. The second-order valence-electron chi connectivity index (χ2n) is 7.53. The van der Waals surface area contributed by atoms with E-state index in [-0.39, 0.29) is 12.2 Å². The van der Waals surface area contributed by atoms with E-state index in [1.165, 1.54) is 4.90 Å². The molecule has 34 heavy (non-hydrogen) atoms. The molecule has 0 aliphatic heterocycles. The van der Waals surface area contributed by atoms with Crippen LogP contribution in [-0.2, 0) is 5.60 Å². The van der Waals surface area contributed by atoms with Gasteiger partial charge in [0, 0.05) is 17.7 Å². The fourth-order valence-corrected chi connectivity index (χ4v) is 3.52. The highest BCUT2D eigenvalue weighted by molar-refractivity contribution is 6.08. The summed E-state index contributed by atoms with van der Waals surface area (Å²) in [6.07, 6.45) is -11.1. The molecule has 0 unspecified atom stereocenters. The van der Waals surface area contributed by atoms with Crippen LogP contribution < -0.4 is 14.4 Å². The molecule has 2 aromatic rings. The van der Waals surface area contributed by atoms with Gasteiger partial charge in [-0.15, -0.1) is 0 Å². The fourth-order valence-electron chi connectivity index (χ4n) is 3.52. The number of nitrogens with zero attached hydrogens (tertiary/aromatic N) is 1. The number of ether oxygens (including phenoxy) is 2. The molecular formula is C23H25F6NO4.